The lowest BCUT2D eigenvalue weighted by Crippen LogP contribution is -2.71. The average molecular weight is 395 g/mol. The topological polar surface area (TPSA) is 57.2 Å². The molecule has 0 aliphatic carbocycles. The smallest absolute Gasteiger partial charge is 0.402 e. The van der Waals surface area contributed by atoms with Gasteiger partial charge in [-0.15, -0.1) is 0 Å². The van der Waals surface area contributed by atoms with E-state index in [9.17, 15) is 65.7 Å². The van der Waals surface area contributed by atoms with Gasteiger partial charge in [0.1, 0.15) is 0 Å². The molecule has 0 unspecified atom stereocenters. The van der Waals surface area contributed by atoms with E-state index < -0.39 is 51.9 Å². The molecule has 0 radical (unpaired) electrons. The highest BCUT2D eigenvalue weighted by Gasteiger charge is 2.90. The van der Waals surface area contributed by atoms with Crippen LogP contribution in [0.15, 0.2) is 0 Å². The molecule has 16 heteroatoms. The van der Waals surface area contributed by atoms with Gasteiger partial charge in [-0.25, -0.2) is 8.42 Å². The lowest BCUT2D eigenvalue weighted by Gasteiger charge is -2.40. The number of rotatable bonds is 6. The molecule has 0 aliphatic heterocycles. The van der Waals surface area contributed by atoms with Gasteiger partial charge in [0.2, 0.25) is 0 Å². The van der Waals surface area contributed by atoms with Crippen LogP contribution in [0.2, 0.25) is 0 Å². The quantitative estimate of drug-likeness (QED) is 0.512. The van der Waals surface area contributed by atoms with Crippen molar-refractivity contribution < 1.29 is 65.7 Å². The minimum absolute atomic E-state index is 1.11. The van der Waals surface area contributed by atoms with Crippen LogP contribution < -0.4 is 0 Å². The number of alkyl halides is 12. The first-order valence-corrected chi connectivity index (χ1v) is 6.13. The summed E-state index contributed by atoms with van der Waals surface area (Å²) in [6.45, 7) is -1.11. The van der Waals surface area contributed by atoms with Crippen molar-refractivity contribution in [3.63, 3.8) is 0 Å². The SMILES string of the molecule is CC(F)(F)C(F)(F)C(F)(F)C(F)(F)C(F)(F)C(F)(F)S(=O)(=O)[O-]. The first-order chi connectivity index (χ1) is 9.50. The molecule has 0 aromatic heterocycles. The van der Waals surface area contributed by atoms with E-state index in [4.69, 9.17) is 0 Å². The second-order valence-corrected chi connectivity index (χ2v) is 5.58. The molecule has 0 heterocycles. The fraction of sp³-hybridized carbons (Fsp3) is 1.00. The standard InChI is InChI=1S/C7H4F12O3S/c1-2(8,9)3(10,11)4(12,13)5(14,15)6(16,17)7(18,19)23(20,21)22/h1H3,(H,20,21,22)/p-1. The Morgan fingerprint density at radius 1 is 0.609 bits per heavy atom. The summed E-state index contributed by atoms with van der Waals surface area (Å²) in [6, 6.07) is 0. The van der Waals surface area contributed by atoms with Crippen LogP contribution in [-0.2, 0) is 10.1 Å². The van der Waals surface area contributed by atoms with Crippen LogP contribution in [0, 0.1) is 0 Å². The molecule has 3 nitrogen and oxygen atoms in total. The highest BCUT2D eigenvalue weighted by Crippen LogP contribution is 2.60. The molecule has 0 N–H and O–H groups in total. The van der Waals surface area contributed by atoms with Crippen molar-refractivity contribution in [1.82, 2.24) is 0 Å². The van der Waals surface area contributed by atoms with Gasteiger partial charge < -0.3 is 4.55 Å². The Labute approximate surface area is 119 Å². The van der Waals surface area contributed by atoms with E-state index in [1.807, 2.05) is 0 Å². The van der Waals surface area contributed by atoms with E-state index in [0.717, 1.165) is 0 Å². The zero-order valence-corrected chi connectivity index (χ0v) is 11.0. The summed E-state index contributed by atoms with van der Waals surface area (Å²) in [7, 11) is -7.76. The lowest BCUT2D eigenvalue weighted by atomic mass is 9.95. The molecule has 0 amide bonds. The summed E-state index contributed by atoms with van der Waals surface area (Å²) in [5.74, 6) is -37.3. The summed E-state index contributed by atoms with van der Waals surface area (Å²) in [5.41, 5.74) is 0. The zero-order valence-electron chi connectivity index (χ0n) is 10.2. The summed E-state index contributed by atoms with van der Waals surface area (Å²) in [5, 5.41) is -7.51. The second kappa shape index (κ2) is 5.03. The Hall–Kier alpha value is -0.930. The Balaban J connectivity index is 6.48. The van der Waals surface area contributed by atoms with Crippen LogP contribution in [0.25, 0.3) is 0 Å². The molecule has 0 fully saturated rings. The summed E-state index contributed by atoms with van der Waals surface area (Å²) < 4.78 is 181. The Kier molecular flexibility index (Phi) is 4.83. The molecule has 0 spiro atoms. The second-order valence-electron chi connectivity index (χ2n) is 4.16. The molecular formula is C7H3F12O3S-. The van der Waals surface area contributed by atoms with E-state index in [1.54, 1.807) is 0 Å². The molecule has 0 atom stereocenters. The minimum atomic E-state index is -8.05. The third-order valence-electron chi connectivity index (χ3n) is 2.41. The van der Waals surface area contributed by atoms with Gasteiger partial charge in [0.05, 0.1) is 0 Å². The van der Waals surface area contributed by atoms with Gasteiger partial charge in [-0.1, -0.05) is 0 Å². The zero-order chi connectivity index (χ0) is 19.5. The van der Waals surface area contributed by atoms with Gasteiger partial charge in [-0.05, 0) is 0 Å². The average Bonchev–Trinajstić information content (AvgIpc) is 2.24. The Bertz CT molecular complexity index is 560. The highest BCUT2D eigenvalue weighted by molar-refractivity contribution is 7.86. The summed E-state index contributed by atoms with van der Waals surface area (Å²) in [4.78, 5) is 0. The fourth-order valence-electron chi connectivity index (χ4n) is 1.01. The monoisotopic (exact) mass is 395 g/mol. The van der Waals surface area contributed by atoms with Crippen molar-refractivity contribution in [2.24, 2.45) is 0 Å². The first kappa shape index (κ1) is 22.1. The van der Waals surface area contributed by atoms with Crippen molar-refractivity contribution in [1.29, 1.82) is 0 Å². The normalized spacial score (nSPS) is 16.6. The Morgan fingerprint density at radius 2 is 0.870 bits per heavy atom. The van der Waals surface area contributed by atoms with Crippen LogP contribution >= 0.6 is 0 Å². The molecule has 0 bridgehead atoms. The molecule has 0 rings (SSSR count). The first-order valence-electron chi connectivity index (χ1n) is 4.72. The predicted octanol–water partition coefficient (Wildman–Crippen LogP) is 3.32. The van der Waals surface area contributed by atoms with Crippen molar-refractivity contribution in [2.75, 3.05) is 0 Å². The summed E-state index contributed by atoms with van der Waals surface area (Å²) >= 11 is 0. The molecule has 23 heavy (non-hydrogen) atoms. The van der Waals surface area contributed by atoms with E-state index >= 15 is 0 Å². The van der Waals surface area contributed by atoms with Gasteiger partial charge in [-0.3, -0.25) is 0 Å². The summed E-state index contributed by atoms with van der Waals surface area (Å²) in [6.07, 6.45) is 0. The van der Waals surface area contributed by atoms with E-state index in [1.165, 1.54) is 0 Å². The predicted molar refractivity (Wildman–Crippen MR) is 45.1 cm³/mol. The largest absolute Gasteiger partial charge is 0.743 e. The molecule has 0 aromatic rings. The van der Waals surface area contributed by atoms with Crippen molar-refractivity contribution >= 4 is 10.1 Å². The molecule has 0 saturated carbocycles. The highest BCUT2D eigenvalue weighted by atomic mass is 32.2. The van der Waals surface area contributed by atoms with Crippen LogP contribution in [-0.4, -0.2) is 47.8 Å². The number of hydrogen-bond donors (Lipinski definition) is 0. The third-order valence-corrected chi connectivity index (χ3v) is 3.30. The molecule has 0 aromatic carbocycles. The number of hydrogen-bond acceptors (Lipinski definition) is 3. The lowest BCUT2D eigenvalue weighted by molar-refractivity contribution is -0.414. The molecule has 140 valence electrons. The van der Waals surface area contributed by atoms with Crippen LogP contribution in [0.3, 0.4) is 0 Å². The molecule has 0 aliphatic rings. The van der Waals surface area contributed by atoms with Gasteiger partial charge >= 0.3 is 34.9 Å². The van der Waals surface area contributed by atoms with Gasteiger partial charge in [-0.2, -0.15) is 52.7 Å². The van der Waals surface area contributed by atoms with E-state index in [0.29, 0.717) is 0 Å². The maximum atomic E-state index is 12.8. The van der Waals surface area contributed by atoms with Gasteiger partial charge in [0, 0.05) is 6.92 Å². The van der Waals surface area contributed by atoms with Crippen LogP contribution in [0.1, 0.15) is 6.92 Å². The van der Waals surface area contributed by atoms with Crippen LogP contribution in [0.4, 0.5) is 52.7 Å². The molecule has 0 saturated heterocycles. The van der Waals surface area contributed by atoms with Gasteiger partial charge in [0.25, 0.3) is 0 Å². The number of halogens is 12. The van der Waals surface area contributed by atoms with Crippen molar-refractivity contribution in [3.8, 4) is 0 Å². The van der Waals surface area contributed by atoms with Crippen molar-refractivity contribution in [2.45, 2.75) is 41.8 Å². The van der Waals surface area contributed by atoms with E-state index in [-0.39, 0.29) is 0 Å². The fourth-order valence-corrected chi connectivity index (χ4v) is 1.45. The van der Waals surface area contributed by atoms with Crippen molar-refractivity contribution in [3.05, 3.63) is 0 Å². The van der Waals surface area contributed by atoms with Gasteiger partial charge in [0.15, 0.2) is 10.1 Å². The van der Waals surface area contributed by atoms with Crippen LogP contribution in [0.5, 0.6) is 0 Å². The molecular weight excluding hydrogens is 392 g/mol. The Morgan fingerprint density at radius 3 is 1.09 bits per heavy atom. The minimum Gasteiger partial charge on any atom is -0.743 e. The van der Waals surface area contributed by atoms with E-state index in [2.05, 4.69) is 0 Å². The third kappa shape index (κ3) is 2.72. The maximum Gasteiger partial charge on any atom is 0.402 e. The maximum absolute atomic E-state index is 12.8.